The molecule has 0 radical (unpaired) electrons. The van der Waals surface area contributed by atoms with Crippen molar-refractivity contribution in [3.8, 4) is 23.0 Å². The van der Waals surface area contributed by atoms with Crippen LogP contribution in [0.1, 0.15) is 11.1 Å². The first-order chi connectivity index (χ1) is 14.5. The summed E-state index contributed by atoms with van der Waals surface area (Å²) < 4.78 is 20.9. The molecule has 152 valence electrons. The van der Waals surface area contributed by atoms with Crippen LogP contribution in [-0.4, -0.2) is 20.6 Å². The van der Waals surface area contributed by atoms with Gasteiger partial charge < -0.3 is 14.4 Å². The van der Waals surface area contributed by atoms with Crippen molar-refractivity contribution in [3.05, 3.63) is 82.2 Å². The average molecular weight is 469 g/mol. The lowest BCUT2D eigenvalue weighted by molar-refractivity contribution is -0.121. The van der Waals surface area contributed by atoms with Crippen molar-refractivity contribution in [1.82, 2.24) is 20.0 Å². The van der Waals surface area contributed by atoms with E-state index in [1.54, 1.807) is 29.0 Å². The van der Waals surface area contributed by atoms with E-state index in [2.05, 4.69) is 31.4 Å². The number of halogens is 2. The van der Waals surface area contributed by atoms with Crippen LogP contribution >= 0.6 is 15.9 Å². The Morgan fingerprint density at radius 1 is 1.20 bits per heavy atom. The highest BCUT2D eigenvalue weighted by molar-refractivity contribution is 9.10. The van der Waals surface area contributed by atoms with Gasteiger partial charge in [0.15, 0.2) is 0 Å². The third kappa shape index (κ3) is 4.49. The Kier molecular flexibility index (Phi) is 5.76. The van der Waals surface area contributed by atoms with Crippen LogP contribution in [0.25, 0.3) is 23.0 Å². The number of carbonyl (C=O) groups excluding carboxylic acids is 1. The number of amides is 1. The molecule has 1 amide bonds. The molecule has 0 fully saturated rings. The van der Waals surface area contributed by atoms with E-state index < -0.39 is 0 Å². The second kappa shape index (κ2) is 8.62. The number of hydrogen-bond acceptors (Lipinski definition) is 4. The largest absolute Gasteiger partial charge is 0.350 e. The fraction of sp³-hybridized carbons (Fsp3) is 0.136. The average Bonchev–Trinajstić information content (AvgIpc) is 3.38. The van der Waals surface area contributed by atoms with Crippen molar-refractivity contribution in [3.63, 3.8) is 0 Å². The maximum absolute atomic E-state index is 13.5. The van der Waals surface area contributed by atoms with Crippen molar-refractivity contribution in [2.75, 3.05) is 0 Å². The summed E-state index contributed by atoms with van der Waals surface area (Å²) in [4.78, 5) is 16.8. The molecule has 6 nitrogen and oxygen atoms in total. The normalized spacial score (nSPS) is 10.9. The van der Waals surface area contributed by atoms with Crippen LogP contribution in [0.5, 0.6) is 0 Å². The summed E-state index contributed by atoms with van der Waals surface area (Å²) in [7, 11) is 0. The zero-order valence-corrected chi connectivity index (χ0v) is 17.7. The summed E-state index contributed by atoms with van der Waals surface area (Å²) in [5, 5.41) is 6.89. The molecule has 2 heterocycles. The molecule has 30 heavy (non-hydrogen) atoms. The smallest absolute Gasteiger partial charge is 0.274 e. The van der Waals surface area contributed by atoms with Gasteiger partial charge in [0.05, 0.1) is 4.47 Å². The van der Waals surface area contributed by atoms with E-state index >= 15 is 0 Å². The summed E-state index contributed by atoms with van der Waals surface area (Å²) in [5.74, 6) is 0.119. The molecule has 0 spiro atoms. The number of rotatable bonds is 6. The van der Waals surface area contributed by atoms with E-state index in [-0.39, 0.29) is 24.2 Å². The van der Waals surface area contributed by atoms with E-state index in [9.17, 15) is 9.18 Å². The molecule has 0 aliphatic rings. The highest BCUT2D eigenvalue weighted by Gasteiger charge is 2.16. The van der Waals surface area contributed by atoms with Gasteiger partial charge in [-0.1, -0.05) is 35.0 Å². The van der Waals surface area contributed by atoms with Crippen molar-refractivity contribution in [2.45, 2.75) is 20.0 Å². The zero-order valence-electron chi connectivity index (χ0n) is 16.1. The zero-order chi connectivity index (χ0) is 21.1. The van der Waals surface area contributed by atoms with Crippen LogP contribution in [0, 0.1) is 12.7 Å². The monoisotopic (exact) mass is 468 g/mol. The molecule has 0 aliphatic heterocycles. The molecular weight excluding hydrogens is 451 g/mol. The predicted molar refractivity (Wildman–Crippen MR) is 114 cm³/mol. The van der Waals surface area contributed by atoms with Crippen LogP contribution in [0.15, 0.2) is 69.8 Å². The lowest BCUT2D eigenvalue weighted by Gasteiger charge is -2.08. The first-order valence-corrected chi connectivity index (χ1v) is 10.1. The Hall–Kier alpha value is -3.26. The van der Waals surface area contributed by atoms with Gasteiger partial charge in [0.25, 0.3) is 5.89 Å². The number of nitrogens with one attached hydrogen (secondary N) is 1. The van der Waals surface area contributed by atoms with Crippen LogP contribution in [0.2, 0.25) is 0 Å². The molecule has 0 aliphatic carbocycles. The molecule has 0 saturated carbocycles. The second-order valence-electron chi connectivity index (χ2n) is 6.84. The lowest BCUT2D eigenvalue weighted by Crippen LogP contribution is -2.27. The molecule has 1 N–H and O–H groups in total. The fourth-order valence-corrected chi connectivity index (χ4v) is 3.44. The van der Waals surface area contributed by atoms with E-state index in [1.807, 2.05) is 37.3 Å². The highest BCUT2D eigenvalue weighted by atomic mass is 79.9. The number of hydrogen-bond donors (Lipinski definition) is 1. The summed E-state index contributed by atoms with van der Waals surface area (Å²) in [6, 6.07) is 16.1. The minimum atomic E-state index is -0.368. The number of nitrogens with zero attached hydrogens (tertiary/aromatic N) is 3. The van der Waals surface area contributed by atoms with Crippen molar-refractivity contribution >= 4 is 21.8 Å². The topological polar surface area (TPSA) is 73.0 Å². The van der Waals surface area contributed by atoms with Gasteiger partial charge >= 0.3 is 0 Å². The first-order valence-electron chi connectivity index (χ1n) is 9.26. The third-order valence-electron chi connectivity index (χ3n) is 4.54. The quantitative estimate of drug-likeness (QED) is 0.443. The van der Waals surface area contributed by atoms with Crippen molar-refractivity contribution < 1.29 is 13.7 Å². The SMILES string of the molecule is Cc1cccc(CNC(=O)Cn2cccc2-c2nc(-c3ccc(F)c(Br)c3)no2)c1. The Morgan fingerprint density at radius 2 is 2.07 bits per heavy atom. The number of aryl methyl sites for hydroxylation is 1. The summed E-state index contributed by atoms with van der Waals surface area (Å²) in [5.41, 5.74) is 3.44. The van der Waals surface area contributed by atoms with Gasteiger partial charge in [-0.05, 0) is 58.7 Å². The van der Waals surface area contributed by atoms with E-state index in [0.717, 1.165) is 11.1 Å². The van der Waals surface area contributed by atoms with Crippen LogP contribution < -0.4 is 5.32 Å². The van der Waals surface area contributed by atoms with Gasteiger partial charge in [-0.2, -0.15) is 4.98 Å². The standard InChI is InChI=1S/C22H18BrFN4O2/c1-14-4-2-5-15(10-14)12-25-20(29)13-28-9-3-6-19(28)22-26-21(27-30-22)16-7-8-18(24)17(23)11-16/h2-11H,12-13H2,1H3,(H,25,29). The third-order valence-corrected chi connectivity index (χ3v) is 5.15. The number of benzene rings is 2. The van der Waals surface area contributed by atoms with E-state index in [4.69, 9.17) is 4.52 Å². The van der Waals surface area contributed by atoms with Gasteiger partial charge in [-0.25, -0.2) is 4.39 Å². The molecule has 8 heteroatoms. The Balaban J connectivity index is 1.46. The molecule has 0 saturated heterocycles. The summed E-state index contributed by atoms with van der Waals surface area (Å²) in [6.07, 6.45) is 1.78. The molecule has 4 rings (SSSR count). The van der Waals surface area contributed by atoms with E-state index in [0.29, 0.717) is 28.1 Å². The van der Waals surface area contributed by atoms with E-state index in [1.165, 1.54) is 6.07 Å². The minimum Gasteiger partial charge on any atom is -0.350 e. The number of aromatic nitrogens is 3. The second-order valence-corrected chi connectivity index (χ2v) is 7.69. The van der Waals surface area contributed by atoms with Crippen LogP contribution in [0.3, 0.4) is 0 Å². The van der Waals surface area contributed by atoms with Crippen LogP contribution in [0.4, 0.5) is 4.39 Å². The summed E-state index contributed by atoms with van der Waals surface area (Å²) in [6.45, 7) is 2.59. The van der Waals surface area contributed by atoms with Crippen LogP contribution in [-0.2, 0) is 17.9 Å². The maximum atomic E-state index is 13.5. The molecule has 4 aromatic rings. The Morgan fingerprint density at radius 3 is 2.87 bits per heavy atom. The van der Waals surface area contributed by atoms with Gasteiger partial charge in [-0.3, -0.25) is 4.79 Å². The molecule has 0 bridgehead atoms. The molecule has 0 atom stereocenters. The Bertz CT molecular complexity index is 1200. The lowest BCUT2D eigenvalue weighted by atomic mass is 10.1. The first kappa shape index (κ1) is 20.0. The molecule has 2 aromatic heterocycles. The predicted octanol–water partition coefficient (Wildman–Crippen LogP) is 4.73. The molecule has 2 aromatic carbocycles. The van der Waals surface area contributed by atoms with Gasteiger partial charge in [0, 0.05) is 18.3 Å². The van der Waals surface area contributed by atoms with Crippen molar-refractivity contribution in [2.24, 2.45) is 0 Å². The molecule has 0 unspecified atom stereocenters. The molecular formula is C22H18BrFN4O2. The van der Waals surface area contributed by atoms with Crippen molar-refractivity contribution in [1.29, 1.82) is 0 Å². The van der Waals surface area contributed by atoms with Gasteiger partial charge in [-0.15, -0.1) is 0 Å². The van der Waals surface area contributed by atoms with Gasteiger partial charge in [0.1, 0.15) is 18.1 Å². The Labute approximate surface area is 180 Å². The maximum Gasteiger partial charge on any atom is 0.274 e. The highest BCUT2D eigenvalue weighted by Crippen LogP contribution is 2.26. The fourth-order valence-electron chi connectivity index (χ4n) is 3.06. The number of carbonyl (C=O) groups is 1. The van der Waals surface area contributed by atoms with Gasteiger partial charge in [0.2, 0.25) is 11.7 Å². The minimum absolute atomic E-state index is 0.119. The summed E-state index contributed by atoms with van der Waals surface area (Å²) >= 11 is 3.15.